The topological polar surface area (TPSA) is 20.3 Å². The largest absolute Gasteiger partial charge is 0.305 e. The van der Waals surface area contributed by atoms with Crippen LogP contribution in [0.2, 0.25) is 5.02 Å². The Labute approximate surface area is 130 Å². The lowest BCUT2D eigenvalue weighted by Crippen LogP contribution is -2.43. The zero-order chi connectivity index (χ0) is 14.7. The number of hydrogen-bond donors (Lipinski definition) is 0. The van der Waals surface area contributed by atoms with E-state index in [4.69, 9.17) is 11.6 Å². The van der Waals surface area contributed by atoms with Crippen LogP contribution in [0, 0.1) is 0 Å². The van der Waals surface area contributed by atoms with E-state index in [2.05, 4.69) is 12.1 Å². The number of halogens is 1. The Morgan fingerprint density at radius 3 is 2.33 bits per heavy atom. The van der Waals surface area contributed by atoms with Gasteiger partial charge in [0.25, 0.3) is 0 Å². The van der Waals surface area contributed by atoms with E-state index in [0.29, 0.717) is 5.02 Å². The van der Waals surface area contributed by atoms with Crippen molar-refractivity contribution in [2.75, 3.05) is 4.90 Å². The van der Waals surface area contributed by atoms with Gasteiger partial charge >= 0.3 is 0 Å². The third-order valence-corrected chi connectivity index (χ3v) is 4.63. The predicted octanol–water partition coefficient (Wildman–Crippen LogP) is 4.77. The SMILES string of the molecule is O=CN(c1cccc(Cl)c1)C1(c2ccccc2)CCCC1. The fourth-order valence-electron chi connectivity index (χ4n) is 3.41. The Bertz CT molecular complexity index is 620. The average Bonchev–Trinajstić information content (AvgIpc) is 3.00. The standard InChI is InChI=1S/C18H18ClNO/c19-16-9-6-10-17(13-16)20(14-21)18(11-4-5-12-18)15-7-2-1-3-8-15/h1-3,6-10,13-14H,4-5,11-12H2. The summed E-state index contributed by atoms with van der Waals surface area (Å²) in [6.45, 7) is 0. The van der Waals surface area contributed by atoms with E-state index in [9.17, 15) is 4.79 Å². The van der Waals surface area contributed by atoms with E-state index in [1.165, 1.54) is 5.56 Å². The maximum Gasteiger partial charge on any atom is 0.214 e. The molecule has 0 bridgehead atoms. The van der Waals surface area contributed by atoms with Crippen LogP contribution >= 0.6 is 11.6 Å². The lowest BCUT2D eigenvalue weighted by molar-refractivity contribution is -0.108. The molecule has 1 fully saturated rings. The molecule has 0 heterocycles. The normalized spacial score (nSPS) is 16.6. The Kier molecular flexibility index (Phi) is 3.98. The molecule has 2 aromatic carbocycles. The van der Waals surface area contributed by atoms with Crippen LogP contribution < -0.4 is 4.90 Å². The highest BCUT2D eigenvalue weighted by atomic mass is 35.5. The summed E-state index contributed by atoms with van der Waals surface area (Å²) in [5, 5.41) is 0.653. The molecular weight excluding hydrogens is 282 g/mol. The van der Waals surface area contributed by atoms with E-state index in [-0.39, 0.29) is 5.54 Å². The highest BCUT2D eigenvalue weighted by Crippen LogP contribution is 2.45. The molecule has 0 atom stereocenters. The number of anilines is 1. The van der Waals surface area contributed by atoms with Crippen molar-refractivity contribution in [2.24, 2.45) is 0 Å². The van der Waals surface area contributed by atoms with Crippen molar-refractivity contribution in [1.82, 2.24) is 0 Å². The van der Waals surface area contributed by atoms with Crippen LogP contribution in [0.4, 0.5) is 5.69 Å². The Morgan fingerprint density at radius 1 is 1.00 bits per heavy atom. The number of benzene rings is 2. The first-order chi connectivity index (χ1) is 10.3. The summed E-state index contributed by atoms with van der Waals surface area (Å²) in [6, 6.07) is 17.9. The molecular formula is C18H18ClNO. The summed E-state index contributed by atoms with van der Waals surface area (Å²) in [4.78, 5) is 13.7. The van der Waals surface area contributed by atoms with Crippen molar-refractivity contribution >= 4 is 23.7 Å². The molecule has 21 heavy (non-hydrogen) atoms. The maximum absolute atomic E-state index is 11.9. The van der Waals surface area contributed by atoms with Crippen LogP contribution in [0.1, 0.15) is 31.2 Å². The first kappa shape index (κ1) is 14.2. The van der Waals surface area contributed by atoms with E-state index < -0.39 is 0 Å². The van der Waals surface area contributed by atoms with Crippen molar-refractivity contribution in [2.45, 2.75) is 31.2 Å². The highest BCUT2D eigenvalue weighted by Gasteiger charge is 2.41. The number of amides is 1. The van der Waals surface area contributed by atoms with Gasteiger partial charge in [-0.2, -0.15) is 0 Å². The maximum atomic E-state index is 11.9. The van der Waals surface area contributed by atoms with Gasteiger partial charge in [-0.25, -0.2) is 0 Å². The molecule has 0 spiro atoms. The van der Waals surface area contributed by atoms with Gasteiger partial charge < -0.3 is 4.90 Å². The molecule has 1 amide bonds. The second kappa shape index (κ2) is 5.90. The Balaban J connectivity index is 2.09. The van der Waals surface area contributed by atoms with Crippen LogP contribution in [0.3, 0.4) is 0 Å². The van der Waals surface area contributed by atoms with Crippen LogP contribution in [-0.2, 0) is 10.3 Å². The van der Waals surface area contributed by atoms with Crippen LogP contribution in [0.5, 0.6) is 0 Å². The molecule has 1 aliphatic carbocycles. The molecule has 3 rings (SSSR count). The van der Waals surface area contributed by atoms with Crippen molar-refractivity contribution in [1.29, 1.82) is 0 Å². The average molecular weight is 300 g/mol. The van der Waals surface area contributed by atoms with Gasteiger partial charge in [-0.1, -0.05) is 60.8 Å². The summed E-state index contributed by atoms with van der Waals surface area (Å²) in [7, 11) is 0. The molecule has 108 valence electrons. The third kappa shape index (κ3) is 2.56. The minimum atomic E-state index is -0.242. The van der Waals surface area contributed by atoms with E-state index in [1.807, 2.05) is 47.4 Å². The van der Waals surface area contributed by atoms with Gasteiger partial charge in [0.1, 0.15) is 0 Å². The van der Waals surface area contributed by atoms with Crippen molar-refractivity contribution in [3.05, 3.63) is 65.2 Å². The summed E-state index contributed by atoms with van der Waals surface area (Å²) in [6.07, 6.45) is 5.20. The molecule has 3 heteroatoms. The van der Waals surface area contributed by atoms with Gasteiger partial charge in [-0.05, 0) is 36.6 Å². The third-order valence-electron chi connectivity index (χ3n) is 4.39. The molecule has 0 N–H and O–H groups in total. The van der Waals surface area contributed by atoms with Crippen molar-refractivity contribution in [3.8, 4) is 0 Å². The molecule has 1 saturated carbocycles. The number of nitrogens with zero attached hydrogens (tertiary/aromatic N) is 1. The Morgan fingerprint density at radius 2 is 1.71 bits per heavy atom. The minimum absolute atomic E-state index is 0.242. The molecule has 0 aromatic heterocycles. The summed E-state index contributed by atoms with van der Waals surface area (Å²) in [5.74, 6) is 0. The quantitative estimate of drug-likeness (QED) is 0.745. The summed E-state index contributed by atoms with van der Waals surface area (Å²) >= 11 is 6.10. The van der Waals surface area contributed by atoms with Crippen LogP contribution in [0.25, 0.3) is 0 Å². The van der Waals surface area contributed by atoms with E-state index in [1.54, 1.807) is 0 Å². The Hall–Kier alpha value is -1.80. The van der Waals surface area contributed by atoms with Gasteiger partial charge in [0, 0.05) is 10.7 Å². The zero-order valence-electron chi connectivity index (χ0n) is 11.8. The molecule has 0 radical (unpaired) electrons. The highest BCUT2D eigenvalue weighted by molar-refractivity contribution is 6.30. The van der Waals surface area contributed by atoms with Gasteiger partial charge in [-0.15, -0.1) is 0 Å². The molecule has 1 aliphatic rings. The molecule has 2 nitrogen and oxygen atoms in total. The fourth-order valence-corrected chi connectivity index (χ4v) is 3.60. The molecule has 0 saturated heterocycles. The smallest absolute Gasteiger partial charge is 0.214 e. The molecule has 2 aromatic rings. The van der Waals surface area contributed by atoms with Crippen molar-refractivity contribution in [3.63, 3.8) is 0 Å². The van der Waals surface area contributed by atoms with Gasteiger partial charge in [0.2, 0.25) is 6.41 Å². The molecule has 0 unspecified atom stereocenters. The van der Waals surface area contributed by atoms with Gasteiger partial charge in [-0.3, -0.25) is 4.79 Å². The van der Waals surface area contributed by atoms with Crippen molar-refractivity contribution < 1.29 is 4.79 Å². The van der Waals surface area contributed by atoms with Crippen LogP contribution in [-0.4, -0.2) is 6.41 Å². The first-order valence-electron chi connectivity index (χ1n) is 7.32. The molecule has 0 aliphatic heterocycles. The predicted molar refractivity (Wildman–Crippen MR) is 86.6 cm³/mol. The number of hydrogen-bond acceptors (Lipinski definition) is 1. The monoisotopic (exact) mass is 299 g/mol. The van der Waals surface area contributed by atoms with Gasteiger partial charge in [0.05, 0.1) is 5.54 Å². The summed E-state index contributed by atoms with van der Waals surface area (Å²) < 4.78 is 0. The first-order valence-corrected chi connectivity index (χ1v) is 7.70. The zero-order valence-corrected chi connectivity index (χ0v) is 12.6. The lowest BCUT2D eigenvalue weighted by atomic mass is 9.86. The second-order valence-corrected chi connectivity index (χ2v) is 6.00. The van der Waals surface area contributed by atoms with Crippen LogP contribution in [0.15, 0.2) is 54.6 Å². The number of carbonyl (C=O) groups is 1. The minimum Gasteiger partial charge on any atom is -0.305 e. The second-order valence-electron chi connectivity index (χ2n) is 5.56. The lowest BCUT2D eigenvalue weighted by Gasteiger charge is -2.39. The van der Waals surface area contributed by atoms with E-state index >= 15 is 0 Å². The fraction of sp³-hybridized carbons (Fsp3) is 0.278. The number of carbonyl (C=O) groups excluding carboxylic acids is 1. The summed E-state index contributed by atoms with van der Waals surface area (Å²) in [5.41, 5.74) is 1.83. The van der Waals surface area contributed by atoms with Gasteiger partial charge in [0.15, 0.2) is 0 Å². The number of rotatable bonds is 4. The van der Waals surface area contributed by atoms with E-state index in [0.717, 1.165) is 37.8 Å².